The monoisotopic (exact) mass is 338 g/mol. The third-order valence-electron chi connectivity index (χ3n) is 4.01. The van der Waals surface area contributed by atoms with E-state index in [1.54, 1.807) is 12.1 Å². The van der Waals surface area contributed by atoms with Crippen LogP contribution in [0.5, 0.6) is 11.5 Å². The van der Waals surface area contributed by atoms with Crippen molar-refractivity contribution in [3.05, 3.63) is 23.8 Å². The number of aliphatic carboxylic acids is 1. The summed E-state index contributed by atoms with van der Waals surface area (Å²) in [5.41, 5.74) is 0.309. The van der Waals surface area contributed by atoms with Crippen LogP contribution in [0.3, 0.4) is 0 Å². The van der Waals surface area contributed by atoms with Crippen LogP contribution in [0.15, 0.2) is 18.2 Å². The van der Waals surface area contributed by atoms with E-state index in [0.717, 1.165) is 18.5 Å². The number of aliphatic hydroxyl groups is 1. The maximum absolute atomic E-state index is 10.7. The van der Waals surface area contributed by atoms with Crippen molar-refractivity contribution in [3.63, 3.8) is 0 Å². The molecule has 1 saturated heterocycles. The summed E-state index contributed by atoms with van der Waals surface area (Å²) < 4.78 is 10.5. The molecule has 2 N–H and O–H groups in total. The van der Waals surface area contributed by atoms with Crippen molar-refractivity contribution in [2.45, 2.75) is 18.6 Å². The molecule has 0 aromatic heterocycles. The molecule has 134 valence electrons. The molecule has 7 nitrogen and oxygen atoms in total. The molecule has 1 fully saturated rings. The lowest BCUT2D eigenvalue weighted by atomic mass is 10.0. The maximum atomic E-state index is 10.7. The largest absolute Gasteiger partial charge is 0.493 e. The first-order valence-corrected chi connectivity index (χ1v) is 7.92. The number of hydrogen-bond acceptors (Lipinski definition) is 6. The highest BCUT2D eigenvalue weighted by molar-refractivity contribution is 5.68. The maximum Gasteiger partial charge on any atom is 0.341 e. The van der Waals surface area contributed by atoms with Crippen molar-refractivity contribution in [1.29, 1.82) is 0 Å². The number of likely N-dealkylation sites (N-methyl/N-ethyl adjacent to an activating group) is 1. The van der Waals surface area contributed by atoms with Gasteiger partial charge in [0, 0.05) is 26.2 Å². The number of carboxylic acid groups (broad SMARTS) is 1. The minimum absolute atomic E-state index is 0.411. The lowest BCUT2D eigenvalue weighted by Gasteiger charge is -2.26. The second kappa shape index (κ2) is 7.83. The number of likely N-dealkylation sites (tertiary alicyclic amines) is 1. The molecule has 0 unspecified atom stereocenters. The van der Waals surface area contributed by atoms with Gasteiger partial charge in [-0.1, -0.05) is 6.07 Å². The fourth-order valence-corrected chi connectivity index (χ4v) is 3.12. The first-order chi connectivity index (χ1) is 11.3. The van der Waals surface area contributed by atoms with Crippen LogP contribution in [0, 0.1) is 0 Å². The highest BCUT2D eigenvalue weighted by Crippen LogP contribution is 2.30. The number of nitrogens with zero attached hydrogens (tertiary/aromatic N) is 2. The Labute approximate surface area is 142 Å². The molecule has 1 aliphatic heterocycles. The van der Waals surface area contributed by atoms with Crippen molar-refractivity contribution in [1.82, 2.24) is 9.80 Å². The van der Waals surface area contributed by atoms with Crippen molar-refractivity contribution in [2.75, 3.05) is 47.4 Å². The van der Waals surface area contributed by atoms with Crippen molar-refractivity contribution >= 4 is 5.97 Å². The van der Waals surface area contributed by atoms with Gasteiger partial charge in [0.1, 0.15) is 0 Å². The van der Waals surface area contributed by atoms with Crippen LogP contribution in [-0.4, -0.2) is 79.0 Å². The van der Waals surface area contributed by atoms with E-state index in [1.165, 1.54) is 7.11 Å². The Kier molecular flexibility index (Phi) is 6.04. The second-order valence-corrected chi connectivity index (χ2v) is 6.59. The summed E-state index contributed by atoms with van der Waals surface area (Å²) >= 11 is 0. The first kappa shape index (κ1) is 18.5. The van der Waals surface area contributed by atoms with E-state index in [0.29, 0.717) is 31.1 Å². The summed E-state index contributed by atoms with van der Waals surface area (Å²) in [6, 6.07) is 5.50. The number of ether oxygens (including phenoxy) is 2. The Balaban J connectivity index is 2.02. The van der Waals surface area contributed by atoms with Gasteiger partial charge in [-0.2, -0.15) is 0 Å². The summed E-state index contributed by atoms with van der Waals surface area (Å²) in [5, 5.41) is 19.4. The Hall–Kier alpha value is -1.83. The zero-order chi connectivity index (χ0) is 17.7. The van der Waals surface area contributed by atoms with E-state index in [1.807, 2.05) is 25.1 Å². The molecule has 0 saturated carbocycles. The van der Waals surface area contributed by atoms with E-state index >= 15 is 0 Å². The molecule has 1 heterocycles. The fourth-order valence-electron chi connectivity index (χ4n) is 3.12. The SMILES string of the molecule is COc1ccc(CN2CC[C@](O)(CN(C)C)C2)cc1OCC(=O)O. The molecule has 7 heteroatoms. The second-order valence-electron chi connectivity index (χ2n) is 6.59. The highest BCUT2D eigenvalue weighted by Gasteiger charge is 2.36. The number of hydrogen-bond donors (Lipinski definition) is 2. The van der Waals surface area contributed by atoms with E-state index in [9.17, 15) is 9.90 Å². The Morgan fingerprint density at radius 2 is 2.12 bits per heavy atom. The predicted molar refractivity (Wildman–Crippen MR) is 89.5 cm³/mol. The molecule has 0 radical (unpaired) electrons. The number of benzene rings is 1. The molecule has 24 heavy (non-hydrogen) atoms. The van der Waals surface area contributed by atoms with E-state index < -0.39 is 18.2 Å². The number of rotatable bonds is 8. The molecule has 0 bridgehead atoms. The number of β-amino-alcohol motifs (C(OH)–C–C–N with tert-alkyl or cyclic N) is 1. The molecule has 2 rings (SSSR count). The topological polar surface area (TPSA) is 82.5 Å². The molecule has 1 aromatic carbocycles. The van der Waals surface area contributed by atoms with Crippen LogP contribution in [0.1, 0.15) is 12.0 Å². The predicted octanol–water partition coefficient (Wildman–Crippen LogP) is 0.657. The number of carbonyl (C=O) groups is 1. The molecule has 0 aliphatic carbocycles. The third-order valence-corrected chi connectivity index (χ3v) is 4.01. The summed E-state index contributed by atoms with van der Waals surface area (Å²) in [6.45, 7) is 2.33. The van der Waals surface area contributed by atoms with Gasteiger partial charge < -0.3 is 24.6 Å². The first-order valence-electron chi connectivity index (χ1n) is 7.92. The van der Waals surface area contributed by atoms with Crippen LogP contribution in [0.25, 0.3) is 0 Å². The van der Waals surface area contributed by atoms with Gasteiger partial charge in [0.25, 0.3) is 0 Å². The summed E-state index contributed by atoms with van der Waals surface area (Å²) in [7, 11) is 5.43. The van der Waals surface area contributed by atoms with Crippen LogP contribution in [0.2, 0.25) is 0 Å². The van der Waals surface area contributed by atoms with Gasteiger partial charge in [-0.05, 0) is 38.2 Å². The standard InChI is InChI=1S/C17H26N2O5/c1-18(2)11-17(22)6-7-19(12-17)9-13-4-5-14(23-3)15(8-13)24-10-16(20)21/h4-5,8,22H,6-7,9-12H2,1-3H3,(H,20,21)/t17-/m0/s1. The Morgan fingerprint density at radius 1 is 1.38 bits per heavy atom. The van der Waals surface area contributed by atoms with Crippen molar-refractivity contribution < 1.29 is 24.5 Å². The van der Waals surface area contributed by atoms with Gasteiger partial charge in [-0.15, -0.1) is 0 Å². The van der Waals surface area contributed by atoms with Crippen molar-refractivity contribution in [2.24, 2.45) is 0 Å². The molecular formula is C17H26N2O5. The Morgan fingerprint density at radius 3 is 2.75 bits per heavy atom. The van der Waals surface area contributed by atoms with Crippen LogP contribution < -0.4 is 9.47 Å². The molecule has 0 spiro atoms. The van der Waals surface area contributed by atoms with Gasteiger partial charge in [0.15, 0.2) is 18.1 Å². The fraction of sp³-hybridized carbons (Fsp3) is 0.588. The lowest BCUT2D eigenvalue weighted by molar-refractivity contribution is -0.139. The third kappa shape index (κ3) is 5.09. The van der Waals surface area contributed by atoms with Crippen LogP contribution >= 0.6 is 0 Å². The van der Waals surface area contributed by atoms with Gasteiger partial charge in [0.2, 0.25) is 0 Å². The zero-order valence-electron chi connectivity index (χ0n) is 14.5. The van der Waals surface area contributed by atoms with E-state index in [2.05, 4.69) is 4.90 Å². The van der Waals surface area contributed by atoms with Gasteiger partial charge in [0.05, 0.1) is 12.7 Å². The smallest absolute Gasteiger partial charge is 0.341 e. The van der Waals surface area contributed by atoms with Gasteiger partial charge >= 0.3 is 5.97 Å². The summed E-state index contributed by atoms with van der Waals surface area (Å²) in [5.74, 6) is -0.110. The molecule has 1 aromatic rings. The number of carboxylic acids is 1. The lowest BCUT2D eigenvalue weighted by Crippen LogP contribution is -2.42. The van der Waals surface area contributed by atoms with Crippen LogP contribution in [-0.2, 0) is 11.3 Å². The summed E-state index contributed by atoms with van der Waals surface area (Å²) in [4.78, 5) is 14.9. The zero-order valence-corrected chi connectivity index (χ0v) is 14.5. The average molecular weight is 338 g/mol. The van der Waals surface area contributed by atoms with Gasteiger partial charge in [-0.25, -0.2) is 4.79 Å². The quantitative estimate of drug-likeness (QED) is 0.720. The van der Waals surface area contributed by atoms with E-state index in [-0.39, 0.29) is 0 Å². The Bertz CT molecular complexity index is 578. The van der Waals surface area contributed by atoms with Crippen LogP contribution in [0.4, 0.5) is 0 Å². The summed E-state index contributed by atoms with van der Waals surface area (Å²) in [6.07, 6.45) is 0.740. The number of methoxy groups -OCH3 is 1. The highest BCUT2D eigenvalue weighted by atomic mass is 16.5. The molecular weight excluding hydrogens is 312 g/mol. The van der Waals surface area contributed by atoms with E-state index in [4.69, 9.17) is 14.6 Å². The van der Waals surface area contributed by atoms with Crippen molar-refractivity contribution in [3.8, 4) is 11.5 Å². The normalized spacial score (nSPS) is 21.2. The molecule has 1 atom stereocenters. The molecule has 0 amide bonds. The average Bonchev–Trinajstić information content (AvgIpc) is 2.85. The molecule has 1 aliphatic rings. The van der Waals surface area contributed by atoms with Gasteiger partial charge in [-0.3, -0.25) is 4.90 Å². The minimum Gasteiger partial charge on any atom is -0.493 e. The minimum atomic E-state index is -1.03.